The second-order valence-electron chi connectivity index (χ2n) is 5.05. The first-order valence-electron chi connectivity index (χ1n) is 7.69. The molecule has 2 heteroatoms. The molecule has 0 aliphatic carbocycles. The molecule has 0 fully saturated rings. The average Bonchev–Trinajstić information content (AvgIpc) is 2.35. The monoisotopic (exact) mass is 243 g/mol. The van der Waals surface area contributed by atoms with Gasteiger partial charge in [0.2, 0.25) is 0 Å². The molecule has 0 saturated heterocycles. The summed E-state index contributed by atoms with van der Waals surface area (Å²) in [6.07, 6.45) is 13.0. The van der Waals surface area contributed by atoms with Crippen LogP contribution < -0.4 is 5.32 Å². The molecule has 2 N–H and O–H groups in total. The first-order valence-corrected chi connectivity index (χ1v) is 7.69. The van der Waals surface area contributed by atoms with E-state index in [2.05, 4.69) is 19.2 Å². The fraction of sp³-hybridized carbons (Fsp3) is 1.00. The minimum atomic E-state index is 0.308. The fourth-order valence-electron chi connectivity index (χ4n) is 2.17. The molecular formula is C15H33NO. The number of hydrogen-bond donors (Lipinski definition) is 2. The second kappa shape index (κ2) is 14.0. The van der Waals surface area contributed by atoms with E-state index >= 15 is 0 Å². The third-order valence-corrected chi connectivity index (χ3v) is 3.43. The molecule has 0 aromatic heterocycles. The molecule has 0 saturated carbocycles. The highest BCUT2D eigenvalue weighted by atomic mass is 16.3. The molecule has 1 atom stereocenters. The van der Waals surface area contributed by atoms with Crippen LogP contribution in [0.15, 0.2) is 0 Å². The van der Waals surface area contributed by atoms with Gasteiger partial charge >= 0.3 is 0 Å². The molecule has 0 heterocycles. The second-order valence-corrected chi connectivity index (χ2v) is 5.05. The van der Waals surface area contributed by atoms with Crippen molar-refractivity contribution in [3.8, 4) is 0 Å². The van der Waals surface area contributed by atoms with Crippen molar-refractivity contribution in [1.82, 2.24) is 5.32 Å². The van der Waals surface area contributed by atoms with Gasteiger partial charge in [-0.3, -0.25) is 0 Å². The predicted octanol–water partition coefficient (Wildman–Crippen LogP) is 3.88. The maximum Gasteiger partial charge on any atom is 0.0445 e. The SMILES string of the molecule is CCCCCCCCCCNC(CC)CCO. The van der Waals surface area contributed by atoms with Crippen LogP contribution in [0.5, 0.6) is 0 Å². The normalized spacial score (nSPS) is 12.9. The maximum absolute atomic E-state index is 8.87. The van der Waals surface area contributed by atoms with E-state index in [9.17, 15) is 0 Å². The number of hydrogen-bond acceptors (Lipinski definition) is 2. The smallest absolute Gasteiger partial charge is 0.0445 e. The minimum Gasteiger partial charge on any atom is -0.396 e. The Balaban J connectivity index is 3.11. The van der Waals surface area contributed by atoms with Gasteiger partial charge in [-0.2, -0.15) is 0 Å². The van der Waals surface area contributed by atoms with Gasteiger partial charge in [0.15, 0.2) is 0 Å². The molecule has 17 heavy (non-hydrogen) atoms. The lowest BCUT2D eigenvalue weighted by Gasteiger charge is -2.15. The quantitative estimate of drug-likeness (QED) is 0.481. The molecule has 104 valence electrons. The van der Waals surface area contributed by atoms with Gasteiger partial charge in [0.25, 0.3) is 0 Å². The Bertz CT molecular complexity index is 139. The van der Waals surface area contributed by atoms with Crippen LogP contribution in [0, 0.1) is 0 Å². The molecule has 0 aromatic carbocycles. The van der Waals surface area contributed by atoms with E-state index in [1.807, 2.05) is 0 Å². The van der Waals surface area contributed by atoms with Crippen LogP contribution in [0.3, 0.4) is 0 Å². The van der Waals surface area contributed by atoms with E-state index in [1.165, 1.54) is 51.4 Å². The van der Waals surface area contributed by atoms with E-state index < -0.39 is 0 Å². The summed E-state index contributed by atoms with van der Waals surface area (Å²) in [5.74, 6) is 0. The van der Waals surface area contributed by atoms with Crippen molar-refractivity contribution in [1.29, 1.82) is 0 Å². The Morgan fingerprint density at radius 1 is 0.882 bits per heavy atom. The lowest BCUT2D eigenvalue weighted by Crippen LogP contribution is -2.30. The molecule has 1 unspecified atom stereocenters. The lowest BCUT2D eigenvalue weighted by atomic mass is 10.1. The zero-order valence-electron chi connectivity index (χ0n) is 12.0. The summed E-state index contributed by atoms with van der Waals surface area (Å²) in [6, 6.07) is 0.518. The van der Waals surface area contributed by atoms with Gasteiger partial charge in [0.1, 0.15) is 0 Å². The van der Waals surface area contributed by atoms with Crippen molar-refractivity contribution in [2.75, 3.05) is 13.2 Å². The van der Waals surface area contributed by atoms with E-state index in [4.69, 9.17) is 5.11 Å². The summed E-state index contributed by atoms with van der Waals surface area (Å²) in [7, 11) is 0. The summed E-state index contributed by atoms with van der Waals surface area (Å²) in [4.78, 5) is 0. The third kappa shape index (κ3) is 12.2. The molecule has 0 amide bonds. The highest BCUT2D eigenvalue weighted by Gasteiger charge is 2.02. The van der Waals surface area contributed by atoms with Crippen LogP contribution >= 0.6 is 0 Å². The summed E-state index contributed by atoms with van der Waals surface area (Å²) in [5, 5.41) is 12.4. The van der Waals surface area contributed by atoms with Crippen LogP contribution in [0.1, 0.15) is 78.1 Å². The Morgan fingerprint density at radius 3 is 2.00 bits per heavy atom. The van der Waals surface area contributed by atoms with Crippen molar-refractivity contribution in [2.45, 2.75) is 84.1 Å². The number of nitrogens with one attached hydrogen (secondary N) is 1. The topological polar surface area (TPSA) is 32.3 Å². The Labute approximate surface area is 108 Å². The molecule has 0 rings (SSSR count). The Hall–Kier alpha value is -0.0800. The summed E-state index contributed by atoms with van der Waals surface area (Å²) < 4.78 is 0. The molecular weight excluding hydrogens is 210 g/mol. The van der Waals surface area contributed by atoms with Crippen LogP contribution in [0.25, 0.3) is 0 Å². The van der Waals surface area contributed by atoms with Crippen molar-refractivity contribution < 1.29 is 5.11 Å². The standard InChI is InChI=1S/C15H33NO/c1-3-5-6-7-8-9-10-11-13-16-15(4-2)12-14-17/h15-17H,3-14H2,1-2H3. The van der Waals surface area contributed by atoms with E-state index in [-0.39, 0.29) is 0 Å². The summed E-state index contributed by atoms with van der Waals surface area (Å²) in [6.45, 7) is 5.87. The van der Waals surface area contributed by atoms with Crippen molar-refractivity contribution in [2.24, 2.45) is 0 Å². The number of aliphatic hydroxyl groups excluding tert-OH is 1. The van der Waals surface area contributed by atoms with Crippen molar-refractivity contribution >= 4 is 0 Å². The zero-order valence-corrected chi connectivity index (χ0v) is 12.0. The number of rotatable bonds is 13. The first kappa shape index (κ1) is 16.9. The molecule has 0 radical (unpaired) electrons. The van der Waals surface area contributed by atoms with Gasteiger partial charge in [-0.05, 0) is 25.8 Å². The maximum atomic E-state index is 8.87. The van der Waals surface area contributed by atoms with Crippen LogP contribution in [-0.4, -0.2) is 24.3 Å². The Morgan fingerprint density at radius 2 is 1.47 bits per heavy atom. The highest BCUT2D eigenvalue weighted by molar-refractivity contribution is 4.63. The highest BCUT2D eigenvalue weighted by Crippen LogP contribution is 2.08. The van der Waals surface area contributed by atoms with E-state index in [0.717, 1.165) is 19.4 Å². The van der Waals surface area contributed by atoms with E-state index in [0.29, 0.717) is 12.6 Å². The lowest BCUT2D eigenvalue weighted by molar-refractivity contribution is 0.262. The molecule has 0 aromatic rings. The largest absolute Gasteiger partial charge is 0.396 e. The third-order valence-electron chi connectivity index (χ3n) is 3.43. The van der Waals surface area contributed by atoms with Gasteiger partial charge in [0, 0.05) is 12.6 Å². The molecule has 0 aliphatic rings. The summed E-state index contributed by atoms with van der Waals surface area (Å²) >= 11 is 0. The average molecular weight is 243 g/mol. The van der Waals surface area contributed by atoms with Crippen molar-refractivity contribution in [3.05, 3.63) is 0 Å². The van der Waals surface area contributed by atoms with Gasteiger partial charge in [-0.15, -0.1) is 0 Å². The van der Waals surface area contributed by atoms with Crippen LogP contribution in [0.2, 0.25) is 0 Å². The molecule has 2 nitrogen and oxygen atoms in total. The number of aliphatic hydroxyl groups is 1. The molecule has 0 aliphatic heterocycles. The van der Waals surface area contributed by atoms with Crippen LogP contribution in [-0.2, 0) is 0 Å². The molecule has 0 spiro atoms. The zero-order chi connectivity index (χ0) is 12.8. The fourth-order valence-corrected chi connectivity index (χ4v) is 2.17. The van der Waals surface area contributed by atoms with E-state index in [1.54, 1.807) is 0 Å². The van der Waals surface area contributed by atoms with Gasteiger partial charge in [-0.1, -0.05) is 58.8 Å². The predicted molar refractivity (Wildman–Crippen MR) is 76.4 cm³/mol. The van der Waals surface area contributed by atoms with Crippen molar-refractivity contribution in [3.63, 3.8) is 0 Å². The van der Waals surface area contributed by atoms with Crippen LogP contribution in [0.4, 0.5) is 0 Å². The molecule has 0 bridgehead atoms. The number of unbranched alkanes of at least 4 members (excludes halogenated alkanes) is 7. The van der Waals surface area contributed by atoms with Gasteiger partial charge in [0.05, 0.1) is 0 Å². The minimum absolute atomic E-state index is 0.308. The van der Waals surface area contributed by atoms with Gasteiger partial charge < -0.3 is 10.4 Å². The summed E-state index contributed by atoms with van der Waals surface area (Å²) in [5.41, 5.74) is 0. The van der Waals surface area contributed by atoms with Gasteiger partial charge in [-0.25, -0.2) is 0 Å². The first-order chi connectivity index (χ1) is 8.35. The Kier molecular flexibility index (Phi) is 13.9.